The number of hydrogen-bond donors (Lipinski definition) is 1. The van der Waals surface area contributed by atoms with Gasteiger partial charge in [0, 0.05) is 6.54 Å². The summed E-state index contributed by atoms with van der Waals surface area (Å²) >= 11 is 0. The first-order valence-corrected chi connectivity index (χ1v) is 5.19. The number of carboxylic acid groups (broad SMARTS) is 1. The minimum Gasteiger partial charge on any atom is -0.480 e. The summed E-state index contributed by atoms with van der Waals surface area (Å²) in [6, 6.07) is -0.286. The van der Waals surface area contributed by atoms with E-state index in [0.29, 0.717) is 6.61 Å². The topological polar surface area (TPSA) is 49.8 Å². The van der Waals surface area contributed by atoms with E-state index in [1.807, 2.05) is 18.7 Å². The van der Waals surface area contributed by atoms with E-state index in [4.69, 9.17) is 9.84 Å². The molecule has 0 aromatic heterocycles. The third kappa shape index (κ3) is 4.82. The van der Waals surface area contributed by atoms with Gasteiger partial charge in [0.2, 0.25) is 0 Å². The van der Waals surface area contributed by atoms with E-state index in [-0.39, 0.29) is 24.6 Å². The molecule has 1 heterocycles. The van der Waals surface area contributed by atoms with Crippen molar-refractivity contribution in [1.82, 2.24) is 4.90 Å². The van der Waals surface area contributed by atoms with Gasteiger partial charge in [0.15, 0.2) is 0 Å². The molecule has 0 aromatic carbocycles. The standard InChI is InChI=1S/C10H19NO3.ClH/c1-8(2)14-7-6-11-5-3-4-9(11)10(12)13;/h8-9H,3-7H2,1-2H3,(H,12,13);1H/t9-;/m0./s1. The Balaban J connectivity index is 0.00000196. The highest BCUT2D eigenvalue weighted by Gasteiger charge is 2.29. The Morgan fingerprint density at radius 2 is 2.27 bits per heavy atom. The van der Waals surface area contributed by atoms with Crippen molar-refractivity contribution < 1.29 is 14.6 Å². The maximum atomic E-state index is 10.8. The number of halogens is 1. The molecule has 5 heteroatoms. The van der Waals surface area contributed by atoms with Gasteiger partial charge in [0.1, 0.15) is 6.04 Å². The van der Waals surface area contributed by atoms with Crippen LogP contribution in [0.25, 0.3) is 0 Å². The SMILES string of the molecule is CC(C)OCCN1CCC[C@H]1C(=O)O.Cl. The van der Waals surface area contributed by atoms with Crippen LogP contribution in [0.2, 0.25) is 0 Å². The highest BCUT2D eigenvalue weighted by Crippen LogP contribution is 2.16. The van der Waals surface area contributed by atoms with Gasteiger partial charge in [-0.05, 0) is 33.2 Å². The van der Waals surface area contributed by atoms with Crippen molar-refractivity contribution in [2.45, 2.75) is 38.8 Å². The van der Waals surface area contributed by atoms with E-state index >= 15 is 0 Å². The van der Waals surface area contributed by atoms with Gasteiger partial charge >= 0.3 is 5.97 Å². The van der Waals surface area contributed by atoms with Crippen LogP contribution in [0.4, 0.5) is 0 Å². The summed E-state index contributed by atoms with van der Waals surface area (Å²) < 4.78 is 5.40. The summed E-state index contributed by atoms with van der Waals surface area (Å²) in [6.45, 7) is 6.21. The maximum absolute atomic E-state index is 10.8. The third-order valence-corrected chi connectivity index (χ3v) is 2.48. The molecule has 90 valence electrons. The molecule has 1 aliphatic heterocycles. The van der Waals surface area contributed by atoms with Crippen LogP contribution in [0, 0.1) is 0 Å². The first-order chi connectivity index (χ1) is 6.61. The minimum atomic E-state index is -0.702. The lowest BCUT2D eigenvalue weighted by Crippen LogP contribution is -2.38. The fourth-order valence-corrected chi connectivity index (χ4v) is 1.78. The summed E-state index contributed by atoms with van der Waals surface area (Å²) in [5.74, 6) is -0.702. The number of carboxylic acids is 1. The zero-order valence-electron chi connectivity index (χ0n) is 9.31. The molecule has 0 spiro atoms. The zero-order valence-corrected chi connectivity index (χ0v) is 10.1. The van der Waals surface area contributed by atoms with E-state index in [2.05, 4.69) is 0 Å². The molecule has 0 bridgehead atoms. The lowest BCUT2D eigenvalue weighted by atomic mass is 10.2. The summed E-state index contributed by atoms with van der Waals surface area (Å²) in [6.07, 6.45) is 1.98. The average Bonchev–Trinajstić information content (AvgIpc) is 2.51. The Bertz CT molecular complexity index is 199. The summed E-state index contributed by atoms with van der Waals surface area (Å²) in [4.78, 5) is 12.8. The van der Waals surface area contributed by atoms with E-state index in [1.165, 1.54) is 0 Å². The monoisotopic (exact) mass is 237 g/mol. The van der Waals surface area contributed by atoms with Crippen LogP contribution in [-0.2, 0) is 9.53 Å². The lowest BCUT2D eigenvalue weighted by Gasteiger charge is -2.21. The van der Waals surface area contributed by atoms with Gasteiger partial charge in [-0.25, -0.2) is 0 Å². The molecule has 1 fully saturated rings. The maximum Gasteiger partial charge on any atom is 0.320 e. The summed E-state index contributed by atoms with van der Waals surface area (Å²) in [7, 11) is 0. The largest absolute Gasteiger partial charge is 0.480 e. The third-order valence-electron chi connectivity index (χ3n) is 2.48. The van der Waals surface area contributed by atoms with E-state index in [0.717, 1.165) is 25.9 Å². The van der Waals surface area contributed by atoms with Crippen molar-refractivity contribution in [2.24, 2.45) is 0 Å². The average molecular weight is 238 g/mol. The van der Waals surface area contributed by atoms with Gasteiger partial charge in [-0.1, -0.05) is 0 Å². The van der Waals surface area contributed by atoms with Gasteiger partial charge in [0.25, 0.3) is 0 Å². The fourth-order valence-electron chi connectivity index (χ4n) is 1.78. The van der Waals surface area contributed by atoms with Crippen molar-refractivity contribution in [1.29, 1.82) is 0 Å². The second-order valence-electron chi connectivity index (χ2n) is 3.95. The van der Waals surface area contributed by atoms with Crippen molar-refractivity contribution in [3.05, 3.63) is 0 Å². The molecule has 15 heavy (non-hydrogen) atoms. The van der Waals surface area contributed by atoms with Crippen LogP contribution < -0.4 is 0 Å². The second kappa shape index (κ2) is 7.04. The number of hydrogen-bond acceptors (Lipinski definition) is 3. The van der Waals surface area contributed by atoms with Crippen molar-refractivity contribution in [2.75, 3.05) is 19.7 Å². The van der Waals surface area contributed by atoms with Gasteiger partial charge in [-0.3, -0.25) is 9.69 Å². The summed E-state index contributed by atoms with van der Waals surface area (Å²) in [5, 5.41) is 8.91. The van der Waals surface area contributed by atoms with Gasteiger partial charge in [-0.15, -0.1) is 12.4 Å². The first kappa shape index (κ1) is 14.7. The highest BCUT2D eigenvalue weighted by atomic mass is 35.5. The molecule has 0 radical (unpaired) electrons. The Hall–Kier alpha value is -0.320. The van der Waals surface area contributed by atoms with Crippen LogP contribution in [0.1, 0.15) is 26.7 Å². The molecule has 0 amide bonds. The van der Waals surface area contributed by atoms with Crippen molar-refractivity contribution in [3.63, 3.8) is 0 Å². The van der Waals surface area contributed by atoms with Gasteiger partial charge in [0.05, 0.1) is 12.7 Å². The number of nitrogens with zero attached hydrogens (tertiary/aromatic N) is 1. The van der Waals surface area contributed by atoms with E-state index < -0.39 is 5.97 Å². The molecule has 4 nitrogen and oxygen atoms in total. The van der Waals surface area contributed by atoms with Gasteiger partial charge < -0.3 is 9.84 Å². The molecule has 1 rings (SSSR count). The first-order valence-electron chi connectivity index (χ1n) is 5.19. The molecular weight excluding hydrogens is 218 g/mol. The number of likely N-dealkylation sites (tertiary alicyclic amines) is 1. The highest BCUT2D eigenvalue weighted by molar-refractivity contribution is 5.85. The number of aliphatic carboxylic acids is 1. The smallest absolute Gasteiger partial charge is 0.320 e. The van der Waals surface area contributed by atoms with Crippen LogP contribution in [0.3, 0.4) is 0 Å². The summed E-state index contributed by atoms with van der Waals surface area (Å²) in [5.41, 5.74) is 0. The van der Waals surface area contributed by atoms with Crippen molar-refractivity contribution >= 4 is 18.4 Å². The molecule has 1 aliphatic rings. The Morgan fingerprint density at radius 1 is 1.60 bits per heavy atom. The van der Waals surface area contributed by atoms with Crippen LogP contribution in [0.5, 0.6) is 0 Å². The minimum absolute atomic E-state index is 0. The predicted molar refractivity (Wildman–Crippen MR) is 60.6 cm³/mol. The molecular formula is C10H20ClNO3. The quantitative estimate of drug-likeness (QED) is 0.785. The van der Waals surface area contributed by atoms with Crippen LogP contribution in [0.15, 0.2) is 0 Å². The molecule has 1 saturated heterocycles. The normalized spacial score (nSPS) is 21.7. The number of rotatable bonds is 5. The lowest BCUT2D eigenvalue weighted by molar-refractivity contribution is -0.142. The zero-order chi connectivity index (χ0) is 10.6. The fraction of sp³-hybridized carbons (Fsp3) is 0.900. The van der Waals surface area contributed by atoms with E-state index in [1.54, 1.807) is 0 Å². The Morgan fingerprint density at radius 3 is 2.80 bits per heavy atom. The molecule has 1 atom stereocenters. The number of ether oxygens (including phenoxy) is 1. The van der Waals surface area contributed by atoms with Crippen LogP contribution >= 0.6 is 12.4 Å². The Labute approximate surface area is 97.0 Å². The molecule has 1 N–H and O–H groups in total. The number of carbonyl (C=O) groups is 1. The Kier molecular flexibility index (Phi) is 6.89. The second-order valence-corrected chi connectivity index (χ2v) is 3.95. The molecule has 0 aliphatic carbocycles. The molecule has 0 unspecified atom stereocenters. The van der Waals surface area contributed by atoms with Gasteiger partial charge in [-0.2, -0.15) is 0 Å². The molecule has 0 saturated carbocycles. The predicted octanol–water partition coefficient (Wildman–Crippen LogP) is 1.38. The van der Waals surface area contributed by atoms with Crippen molar-refractivity contribution in [3.8, 4) is 0 Å². The van der Waals surface area contributed by atoms with Crippen LogP contribution in [-0.4, -0.2) is 47.8 Å². The van der Waals surface area contributed by atoms with E-state index in [9.17, 15) is 4.79 Å². The molecule has 0 aromatic rings.